The van der Waals surface area contributed by atoms with Crippen LogP contribution in [0.2, 0.25) is 0 Å². The summed E-state index contributed by atoms with van der Waals surface area (Å²) in [5, 5.41) is 10.7. The molecule has 2 aromatic rings. The van der Waals surface area contributed by atoms with Crippen LogP contribution >= 0.6 is 27.7 Å². The van der Waals surface area contributed by atoms with Gasteiger partial charge in [-0.3, -0.25) is 14.9 Å². The van der Waals surface area contributed by atoms with E-state index in [4.69, 9.17) is 14.7 Å². The van der Waals surface area contributed by atoms with Crippen molar-refractivity contribution < 1.29 is 19.1 Å². The van der Waals surface area contributed by atoms with E-state index in [1.807, 2.05) is 0 Å². The van der Waals surface area contributed by atoms with Gasteiger partial charge < -0.3 is 9.47 Å². The van der Waals surface area contributed by atoms with Crippen LogP contribution in [0.5, 0.6) is 17.2 Å². The average Bonchev–Trinajstić information content (AvgIpc) is 2.94. The van der Waals surface area contributed by atoms with Gasteiger partial charge in [0.1, 0.15) is 5.75 Å². The summed E-state index contributed by atoms with van der Waals surface area (Å²) in [7, 11) is 1.51. The second-order valence-corrected chi connectivity index (χ2v) is 6.99. The molecule has 1 fully saturated rings. The largest absolute Gasteiger partial charge is 0.493 e. The molecule has 130 valence electrons. The van der Waals surface area contributed by atoms with Crippen LogP contribution in [0.1, 0.15) is 11.1 Å². The molecule has 8 heteroatoms. The maximum atomic E-state index is 11.6. The number of amides is 2. The van der Waals surface area contributed by atoms with Crippen molar-refractivity contribution in [2.45, 2.75) is 0 Å². The Labute approximate surface area is 161 Å². The molecule has 26 heavy (non-hydrogen) atoms. The number of nitriles is 1. The highest BCUT2D eigenvalue weighted by Gasteiger charge is 2.25. The number of imide groups is 1. The van der Waals surface area contributed by atoms with Crippen molar-refractivity contribution in [1.29, 1.82) is 5.26 Å². The highest BCUT2D eigenvalue weighted by Crippen LogP contribution is 2.37. The molecule has 1 aliphatic heterocycles. The summed E-state index contributed by atoms with van der Waals surface area (Å²) in [5.74, 6) is 1.05. The summed E-state index contributed by atoms with van der Waals surface area (Å²) < 4.78 is 11.9. The van der Waals surface area contributed by atoms with Crippen molar-refractivity contribution in [3.8, 4) is 23.3 Å². The molecule has 2 amide bonds. The number of nitrogens with zero attached hydrogens (tertiary/aromatic N) is 1. The number of ether oxygens (including phenoxy) is 2. The number of carbonyl (C=O) groups is 2. The minimum atomic E-state index is -0.416. The Morgan fingerprint density at radius 2 is 1.92 bits per heavy atom. The quantitative estimate of drug-likeness (QED) is 0.720. The van der Waals surface area contributed by atoms with E-state index in [-0.39, 0.29) is 5.24 Å². The maximum absolute atomic E-state index is 11.6. The first-order chi connectivity index (χ1) is 12.5. The Kier molecular flexibility index (Phi) is 5.30. The molecule has 0 aromatic heterocycles. The Bertz CT molecular complexity index is 982. The second kappa shape index (κ2) is 7.64. The number of halogens is 1. The number of hydrogen-bond acceptors (Lipinski definition) is 6. The fourth-order valence-corrected chi connectivity index (χ4v) is 3.34. The van der Waals surface area contributed by atoms with Gasteiger partial charge in [0.25, 0.3) is 11.1 Å². The van der Waals surface area contributed by atoms with E-state index >= 15 is 0 Å². The lowest BCUT2D eigenvalue weighted by molar-refractivity contribution is -0.115. The molecule has 1 aliphatic rings. The van der Waals surface area contributed by atoms with Gasteiger partial charge in [-0.2, -0.15) is 5.26 Å². The molecule has 1 N–H and O–H groups in total. The molecule has 1 heterocycles. The molecule has 0 atom stereocenters. The third-order valence-electron chi connectivity index (χ3n) is 3.41. The monoisotopic (exact) mass is 430 g/mol. The molecule has 2 aromatic carbocycles. The third kappa shape index (κ3) is 3.90. The van der Waals surface area contributed by atoms with E-state index in [2.05, 4.69) is 27.3 Å². The molecular formula is C18H11BrN2O4S. The average molecular weight is 431 g/mol. The highest BCUT2D eigenvalue weighted by atomic mass is 79.9. The van der Waals surface area contributed by atoms with Gasteiger partial charge in [-0.15, -0.1) is 0 Å². The standard InChI is InChI=1S/C18H11BrN2O4S/c1-24-15-7-10(8-16-17(22)21-18(23)26-16)2-5-14(15)25-13-4-3-11(9-20)6-12(13)19/h2-8H,1H3,(H,21,22,23)/b16-8-. The van der Waals surface area contributed by atoms with Crippen molar-refractivity contribution in [2.24, 2.45) is 0 Å². The van der Waals surface area contributed by atoms with Crippen molar-refractivity contribution in [3.05, 3.63) is 56.9 Å². The number of benzene rings is 2. The van der Waals surface area contributed by atoms with Crippen LogP contribution in [0.3, 0.4) is 0 Å². The second-order valence-electron chi connectivity index (χ2n) is 5.12. The van der Waals surface area contributed by atoms with Gasteiger partial charge in [-0.05, 0) is 69.7 Å². The zero-order chi connectivity index (χ0) is 18.7. The summed E-state index contributed by atoms with van der Waals surface area (Å²) in [4.78, 5) is 23.2. The van der Waals surface area contributed by atoms with E-state index in [9.17, 15) is 9.59 Å². The topological polar surface area (TPSA) is 88.4 Å². The lowest BCUT2D eigenvalue weighted by Crippen LogP contribution is -2.17. The predicted molar refractivity (Wildman–Crippen MR) is 101 cm³/mol. The normalized spacial score (nSPS) is 14.9. The smallest absolute Gasteiger partial charge is 0.290 e. The van der Waals surface area contributed by atoms with Crippen LogP contribution in [0, 0.1) is 11.3 Å². The number of methoxy groups -OCH3 is 1. The fourth-order valence-electron chi connectivity index (χ4n) is 2.20. The predicted octanol–water partition coefficient (Wildman–Crippen LogP) is 4.45. The Morgan fingerprint density at radius 1 is 1.15 bits per heavy atom. The first-order valence-electron chi connectivity index (χ1n) is 7.30. The number of thioether (sulfide) groups is 1. The molecule has 0 radical (unpaired) electrons. The summed E-state index contributed by atoms with van der Waals surface area (Å²) in [6.07, 6.45) is 1.61. The first-order valence-corrected chi connectivity index (χ1v) is 8.91. The van der Waals surface area contributed by atoms with Crippen molar-refractivity contribution in [1.82, 2.24) is 5.32 Å². The molecule has 0 saturated carbocycles. The number of carbonyl (C=O) groups excluding carboxylic acids is 2. The van der Waals surface area contributed by atoms with E-state index < -0.39 is 5.91 Å². The summed E-state index contributed by atoms with van der Waals surface area (Å²) in [6, 6.07) is 12.2. The van der Waals surface area contributed by atoms with Crippen LogP contribution in [0.15, 0.2) is 45.8 Å². The summed E-state index contributed by atoms with van der Waals surface area (Å²) in [5.41, 5.74) is 1.21. The van der Waals surface area contributed by atoms with Gasteiger partial charge in [0.15, 0.2) is 11.5 Å². The van der Waals surface area contributed by atoms with Gasteiger partial charge in [-0.25, -0.2) is 0 Å². The molecule has 0 unspecified atom stereocenters. The van der Waals surface area contributed by atoms with E-state index in [1.54, 1.807) is 42.5 Å². The van der Waals surface area contributed by atoms with Crippen molar-refractivity contribution in [2.75, 3.05) is 7.11 Å². The van der Waals surface area contributed by atoms with Gasteiger partial charge in [0.2, 0.25) is 0 Å². The Morgan fingerprint density at radius 3 is 2.54 bits per heavy atom. The third-order valence-corrected chi connectivity index (χ3v) is 4.84. The number of rotatable bonds is 4. The van der Waals surface area contributed by atoms with Gasteiger partial charge in [0.05, 0.1) is 28.1 Å². The van der Waals surface area contributed by atoms with E-state index in [1.165, 1.54) is 7.11 Å². The number of hydrogen-bond donors (Lipinski definition) is 1. The van der Waals surface area contributed by atoms with Crippen LogP contribution in [-0.2, 0) is 4.79 Å². The van der Waals surface area contributed by atoms with Crippen molar-refractivity contribution in [3.63, 3.8) is 0 Å². The van der Waals surface area contributed by atoms with Crippen LogP contribution < -0.4 is 14.8 Å². The van der Waals surface area contributed by atoms with Crippen LogP contribution in [0.25, 0.3) is 6.08 Å². The van der Waals surface area contributed by atoms with Crippen LogP contribution in [-0.4, -0.2) is 18.3 Å². The Balaban J connectivity index is 1.88. The lowest BCUT2D eigenvalue weighted by Gasteiger charge is -2.12. The summed E-state index contributed by atoms with van der Waals surface area (Å²) >= 11 is 4.22. The number of nitrogens with one attached hydrogen (secondary N) is 1. The maximum Gasteiger partial charge on any atom is 0.290 e. The van der Waals surface area contributed by atoms with Crippen molar-refractivity contribution >= 4 is 44.9 Å². The zero-order valence-electron chi connectivity index (χ0n) is 13.4. The minimum Gasteiger partial charge on any atom is -0.493 e. The molecular weight excluding hydrogens is 420 g/mol. The molecule has 0 aliphatic carbocycles. The molecule has 0 bridgehead atoms. The SMILES string of the molecule is COc1cc(/C=C2\SC(=O)NC2=O)ccc1Oc1ccc(C#N)cc1Br. The van der Waals surface area contributed by atoms with Crippen LogP contribution in [0.4, 0.5) is 4.79 Å². The molecule has 0 spiro atoms. The van der Waals surface area contributed by atoms with Gasteiger partial charge in [0, 0.05) is 0 Å². The zero-order valence-corrected chi connectivity index (χ0v) is 15.8. The molecule has 6 nitrogen and oxygen atoms in total. The summed E-state index contributed by atoms with van der Waals surface area (Å²) in [6.45, 7) is 0. The fraction of sp³-hybridized carbons (Fsp3) is 0.0556. The molecule has 3 rings (SSSR count). The molecule has 1 saturated heterocycles. The minimum absolute atomic E-state index is 0.320. The van der Waals surface area contributed by atoms with Gasteiger partial charge in [-0.1, -0.05) is 6.07 Å². The Hall–Kier alpha value is -2.76. The first kappa shape index (κ1) is 18.0. The van der Waals surface area contributed by atoms with E-state index in [0.29, 0.717) is 37.8 Å². The van der Waals surface area contributed by atoms with E-state index in [0.717, 1.165) is 11.8 Å². The highest BCUT2D eigenvalue weighted by molar-refractivity contribution is 9.10. The lowest BCUT2D eigenvalue weighted by atomic mass is 10.2. The van der Waals surface area contributed by atoms with Gasteiger partial charge >= 0.3 is 0 Å².